The predicted molar refractivity (Wildman–Crippen MR) is 70.9 cm³/mol. The van der Waals surface area contributed by atoms with Gasteiger partial charge in [0, 0.05) is 5.59 Å². The first-order valence-corrected chi connectivity index (χ1v) is 6.37. The van der Waals surface area contributed by atoms with Gasteiger partial charge in [0.05, 0.1) is 11.2 Å². The monoisotopic (exact) mass is 255 g/mol. The van der Waals surface area contributed by atoms with E-state index in [0.717, 1.165) is 17.6 Å². The van der Waals surface area contributed by atoms with Gasteiger partial charge in [-0.1, -0.05) is 18.5 Å². The van der Waals surface area contributed by atoms with Gasteiger partial charge in [-0.25, -0.2) is 0 Å². The zero-order valence-electron chi connectivity index (χ0n) is 11.1. The third-order valence-corrected chi connectivity index (χ3v) is 4.09. The Balaban J connectivity index is 2.26. The van der Waals surface area contributed by atoms with E-state index < -0.39 is 0 Å². The van der Waals surface area contributed by atoms with Crippen molar-refractivity contribution >= 4 is 24.3 Å². The van der Waals surface area contributed by atoms with Crippen LogP contribution in [0.5, 0.6) is 0 Å². The van der Waals surface area contributed by atoms with Crippen molar-refractivity contribution in [2.45, 2.75) is 52.2 Å². The lowest BCUT2D eigenvalue weighted by Gasteiger charge is -2.32. The number of aromatic amines is 1. The molecule has 0 atom stereocenters. The Morgan fingerprint density at radius 2 is 1.76 bits per heavy atom. The molecule has 0 amide bonds. The van der Waals surface area contributed by atoms with Gasteiger partial charge in [0.1, 0.15) is 5.15 Å². The molecule has 1 fully saturated rings. The second kappa shape index (κ2) is 4.04. The van der Waals surface area contributed by atoms with Gasteiger partial charge >= 0.3 is 7.12 Å². The molecule has 0 bridgehead atoms. The highest BCUT2D eigenvalue weighted by molar-refractivity contribution is 6.61. The van der Waals surface area contributed by atoms with Gasteiger partial charge in [0.25, 0.3) is 0 Å². The fraction of sp³-hybridized carbons (Fsp3) is 0.667. The number of rotatable bonds is 2. The first-order valence-electron chi connectivity index (χ1n) is 6.00. The van der Waals surface area contributed by atoms with Crippen molar-refractivity contribution in [3.05, 3.63) is 16.8 Å². The van der Waals surface area contributed by atoms with E-state index in [1.807, 2.05) is 33.8 Å². The highest BCUT2D eigenvalue weighted by Gasteiger charge is 2.52. The van der Waals surface area contributed by atoms with Gasteiger partial charge < -0.3 is 14.3 Å². The fourth-order valence-corrected chi connectivity index (χ4v) is 2.15. The minimum atomic E-state index is -0.363. The summed E-state index contributed by atoms with van der Waals surface area (Å²) >= 11 is 6.10. The van der Waals surface area contributed by atoms with Gasteiger partial charge in [0.2, 0.25) is 0 Å². The molecule has 3 nitrogen and oxygen atoms in total. The van der Waals surface area contributed by atoms with E-state index in [2.05, 4.69) is 11.9 Å². The number of H-pyrrole nitrogens is 1. The highest BCUT2D eigenvalue weighted by Crippen LogP contribution is 2.36. The topological polar surface area (TPSA) is 34.2 Å². The Morgan fingerprint density at radius 3 is 2.18 bits per heavy atom. The standard InChI is InChI=1S/C12H19BClNO2/c1-6-8-7-9(15-10(8)14)13-16-11(2,3)12(4,5)17-13/h7,15H,6H2,1-5H3. The van der Waals surface area contributed by atoms with E-state index in [1.165, 1.54) is 0 Å². The smallest absolute Gasteiger partial charge is 0.398 e. The number of hydrogen-bond acceptors (Lipinski definition) is 2. The molecule has 1 aromatic heterocycles. The minimum absolute atomic E-state index is 0.318. The van der Waals surface area contributed by atoms with E-state index in [9.17, 15) is 0 Å². The Kier molecular flexibility index (Phi) is 3.09. The molecule has 2 rings (SSSR count). The van der Waals surface area contributed by atoms with E-state index in [-0.39, 0.29) is 18.3 Å². The normalized spacial score (nSPS) is 22.1. The summed E-state index contributed by atoms with van der Waals surface area (Å²) in [6.45, 7) is 10.2. The van der Waals surface area contributed by atoms with Crippen molar-refractivity contribution in [3.63, 3.8) is 0 Å². The average Bonchev–Trinajstić information content (AvgIpc) is 2.66. The molecule has 17 heavy (non-hydrogen) atoms. The molecule has 0 unspecified atom stereocenters. The summed E-state index contributed by atoms with van der Waals surface area (Å²) in [6.07, 6.45) is 0.898. The van der Waals surface area contributed by atoms with Crippen molar-refractivity contribution < 1.29 is 9.31 Å². The summed E-state index contributed by atoms with van der Waals surface area (Å²) in [6, 6.07) is 2.02. The van der Waals surface area contributed by atoms with Crippen LogP contribution in [-0.2, 0) is 15.7 Å². The van der Waals surface area contributed by atoms with Gasteiger partial charge in [-0.05, 0) is 45.7 Å². The van der Waals surface area contributed by atoms with E-state index in [4.69, 9.17) is 20.9 Å². The zero-order valence-corrected chi connectivity index (χ0v) is 11.8. The lowest BCUT2D eigenvalue weighted by Crippen LogP contribution is -2.41. The van der Waals surface area contributed by atoms with Crippen molar-refractivity contribution in [3.8, 4) is 0 Å². The minimum Gasteiger partial charge on any atom is -0.398 e. The molecule has 0 aromatic carbocycles. The molecule has 94 valence electrons. The fourth-order valence-electron chi connectivity index (χ4n) is 1.85. The molecule has 1 N–H and O–H groups in total. The number of hydrogen-bond donors (Lipinski definition) is 1. The summed E-state index contributed by atoms with van der Waals surface area (Å²) in [4.78, 5) is 3.13. The van der Waals surface area contributed by atoms with Crippen LogP contribution in [0.1, 0.15) is 40.2 Å². The molecular formula is C12H19BClNO2. The van der Waals surface area contributed by atoms with Crippen molar-refractivity contribution in [2.24, 2.45) is 0 Å². The summed E-state index contributed by atoms with van der Waals surface area (Å²) in [5.41, 5.74) is 1.35. The number of aromatic nitrogens is 1. The molecule has 1 aliphatic rings. The number of nitrogens with one attached hydrogen (secondary N) is 1. The quantitative estimate of drug-likeness (QED) is 0.824. The van der Waals surface area contributed by atoms with Gasteiger partial charge in [-0.2, -0.15) is 0 Å². The third kappa shape index (κ3) is 2.14. The van der Waals surface area contributed by atoms with Crippen LogP contribution in [-0.4, -0.2) is 23.3 Å². The summed E-state index contributed by atoms with van der Waals surface area (Å²) in [5, 5.41) is 0.678. The summed E-state index contributed by atoms with van der Waals surface area (Å²) < 4.78 is 11.9. The lowest BCUT2D eigenvalue weighted by molar-refractivity contribution is 0.00578. The van der Waals surface area contributed by atoms with Crippen LogP contribution < -0.4 is 5.59 Å². The number of halogens is 1. The largest absolute Gasteiger partial charge is 0.512 e. The molecule has 1 saturated heterocycles. The molecule has 0 aliphatic carbocycles. The van der Waals surface area contributed by atoms with Crippen LogP contribution in [0.2, 0.25) is 5.15 Å². The zero-order chi connectivity index (χ0) is 12.8. The maximum absolute atomic E-state index is 6.10. The van der Waals surface area contributed by atoms with Gasteiger partial charge in [0.15, 0.2) is 0 Å². The van der Waals surface area contributed by atoms with Crippen LogP contribution in [0.25, 0.3) is 0 Å². The van der Waals surface area contributed by atoms with E-state index >= 15 is 0 Å². The van der Waals surface area contributed by atoms with Crippen molar-refractivity contribution in [2.75, 3.05) is 0 Å². The molecule has 1 aliphatic heterocycles. The summed E-state index contributed by atoms with van der Waals surface area (Å²) in [5.74, 6) is 0. The first-order chi connectivity index (χ1) is 7.77. The molecule has 5 heteroatoms. The Hall–Kier alpha value is -0.445. The van der Waals surface area contributed by atoms with Crippen LogP contribution in [0.15, 0.2) is 6.07 Å². The Bertz CT molecular complexity index is 412. The molecule has 0 saturated carbocycles. The second-order valence-electron chi connectivity index (χ2n) is 5.51. The van der Waals surface area contributed by atoms with Crippen LogP contribution in [0, 0.1) is 0 Å². The van der Waals surface area contributed by atoms with Gasteiger partial charge in [-0.15, -0.1) is 0 Å². The lowest BCUT2D eigenvalue weighted by atomic mass is 9.85. The Labute approximate surface area is 108 Å². The van der Waals surface area contributed by atoms with Gasteiger partial charge in [-0.3, -0.25) is 0 Å². The van der Waals surface area contributed by atoms with Crippen LogP contribution in [0.4, 0.5) is 0 Å². The SMILES string of the molecule is CCc1cc(B2OC(C)(C)C(C)(C)O2)[nH]c1Cl. The maximum Gasteiger partial charge on any atom is 0.512 e. The molecule has 1 aromatic rings. The van der Waals surface area contributed by atoms with Crippen molar-refractivity contribution in [1.29, 1.82) is 0 Å². The second-order valence-corrected chi connectivity index (χ2v) is 5.88. The first kappa shape index (κ1) is 13.0. The van der Waals surface area contributed by atoms with Crippen LogP contribution in [0.3, 0.4) is 0 Å². The maximum atomic E-state index is 6.10. The Morgan fingerprint density at radius 1 is 1.24 bits per heavy atom. The number of aryl methyl sites for hydroxylation is 1. The predicted octanol–water partition coefficient (Wildman–Crippen LogP) is 2.53. The van der Waals surface area contributed by atoms with E-state index in [1.54, 1.807) is 0 Å². The highest BCUT2D eigenvalue weighted by atomic mass is 35.5. The summed E-state index contributed by atoms with van der Waals surface area (Å²) in [7, 11) is -0.363. The molecule has 0 spiro atoms. The third-order valence-electron chi connectivity index (χ3n) is 3.75. The van der Waals surface area contributed by atoms with Crippen LogP contribution >= 0.6 is 11.6 Å². The molecule has 2 heterocycles. The van der Waals surface area contributed by atoms with Crippen molar-refractivity contribution in [1.82, 2.24) is 4.98 Å². The molecular weight excluding hydrogens is 236 g/mol. The molecule has 0 radical (unpaired) electrons. The average molecular weight is 256 g/mol. The van der Waals surface area contributed by atoms with E-state index in [0.29, 0.717) is 5.15 Å².